The van der Waals surface area contributed by atoms with Gasteiger partial charge in [0.2, 0.25) is 0 Å². The van der Waals surface area contributed by atoms with Crippen LogP contribution in [0.3, 0.4) is 0 Å². The van der Waals surface area contributed by atoms with Crippen molar-refractivity contribution in [2.24, 2.45) is 5.73 Å². The lowest BCUT2D eigenvalue weighted by molar-refractivity contribution is 0.561. The first-order chi connectivity index (χ1) is 7.41. The lowest BCUT2D eigenvalue weighted by Gasteiger charge is -2.02. The zero-order chi connectivity index (χ0) is 11.2. The minimum atomic E-state index is 1.06. The molecule has 0 aromatic rings. The Morgan fingerprint density at radius 1 is 0.867 bits per heavy atom. The molecular formula is C13H28N2. The van der Waals surface area contributed by atoms with Gasteiger partial charge in [0.25, 0.3) is 0 Å². The van der Waals surface area contributed by atoms with Crippen molar-refractivity contribution >= 4 is 0 Å². The Labute approximate surface area is 95.3 Å². The van der Waals surface area contributed by atoms with Crippen LogP contribution in [-0.4, -0.2) is 6.54 Å². The van der Waals surface area contributed by atoms with E-state index in [4.69, 9.17) is 5.73 Å². The van der Waals surface area contributed by atoms with Crippen molar-refractivity contribution in [1.29, 1.82) is 0 Å². The van der Waals surface area contributed by atoms with Gasteiger partial charge in [0, 0.05) is 18.9 Å². The molecule has 0 radical (unpaired) electrons. The Morgan fingerprint density at radius 3 is 1.93 bits per heavy atom. The van der Waals surface area contributed by atoms with Gasteiger partial charge < -0.3 is 11.1 Å². The van der Waals surface area contributed by atoms with Crippen molar-refractivity contribution in [3.05, 3.63) is 12.4 Å². The third kappa shape index (κ3) is 13.3. The summed E-state index contributed by atoms with van der Waals surface area (Å²) in [5.74, 6) is 0. The SMILES string of the molecule is CCCCCCCCCCCN/C=C/N. The van der Waals surface area contributed by atoms with E-state index in [0.29, 0.717) is 0 Å². The lowest BCUT2D eigenvalue weighted by Crippen LogP contribution is -2.07. The standard InChI is InChI=1S/C13H28N2/c1-2-3-4-5-6-7-8-9-10-12-15-13-11-14/h11,13,15H,2-10,12,14H2,1H3/b13-11+. The number of nitrogens with one attached hydrogen (secondary N) is 1. The highest BCUT2D eigenvalue weighted by Crippen LogP contribution is 2.08. The minimum absolute atomic E-state index is 1.06. The fraction of sp³-hybridized carbons (Fsp3) is 0.846. The molecule has 0 saturated carbocycles. The quantitative estimate of drug-likeness (QED) is 0.514. The smallest absolute Gasteiger partial charge is 0.0141 e. The Hall–Kier alpha value is -0.660. The highest BCUT2D eigenvalue weighted by Gasteiger charge is 1.91. The highest BCUT2D eigenvalue weighted by molar-refractivity contribution is 4.71. The van der Waals surface area contributed by atoms with E-state index in [1.54, 1.807) is 6.20 Å². The summed E-state index contributed by atoms with van der Waals surface area (Å²) in [6.07, 6.45) is 15.8. The Balaban J connectivity index is 2.86. The molecule has 0 saturated heterocycles. The first-order valence-electron chi connectivity index (χ1n) is 6.52. The maximum Gasteiger partial charge on any atom is 0.0141 e. The lowest BCUT2D eigenvalue weighted by atomic mass is 10.1. The summed E-state index contributed by atoms with van der Waals surface area (Å²) < 4.78 is 0. The van der Waals surface area contributed by atoms with E-state index >= 15 is 0 Å². The molecule has 0 bridgehead atoms. The summed E-state index contributed by atoms with van der Waals surface area (Å²) in [6, 6.07) is 0. The van der Waals surface area contributed by atoms with Crippen molar-refractivity contribution in [2.75, 3.05) is 6.54 Å². The summed E-state index contributed by atoms with van der Waals surface area (Å²) in [7, 11) is 0. The number of rotatable bonds is 11. The number of nitrogens with two attached hydrogens (primary N) is 1. The molecule has 0 atom stereocenters. The molecule has 0 aliphatic rings. The van der Waals surface area contributed by atoms with Gasteiger partial charge in [-0.3, -0.25) is 0 Å². The predicted octanol–water partition coefficient (Wildman–Crippen LogP) is 3.54. The second-order valence-electron chi connectivity index (χ2n) is 4.14. The van der Waals surface area contributed by atoms with Gasteiger partial charge in [-0.25, -0.2) is 0 Å². The minimum Gasteiger partial charge on any atom is -0.403 e. The van der Waals surface area contributed by atoms with Crippen molar-refractivity contribution in [2.45, 2.75) is 64.7 Å². The predicted molar refractivity (Wildman–Crippen MR) is 68.6 cm³/mol. The van der Waals surface area contributed by atoms with Crippen LogP contribution in [0.4, 0.5) is 0 Å². The molecule has 0 spiro atoms. The molecule has 90 valence electrons. The number of hydrogen-bond donors (Lipinski definition) is 2. The molecule has 0 amide bonds. The zero-order valence-electron chi connectivity index (χ0n) is 10.3. The molecule has 0 fully saturated rings. The average molecular weight is 212 g/mol. The topological polar surface area (TPSA) is 38.0 Å². The van der Waals surface area contributed by atoms with Crippen LogP contribution < -0.4 is 11.1 Å². The summed E-state index contributed by atoms with van der Waals surface area (Å²) in [4.78, 5) is 0. The maximum atomic E-state index is 5.21. The number of hydrogen-bond acceptors (Lipinski definition) is 2. The first kappa shape index (κ1) is 14.3. The zero-order valence-corrected chi connectivity index (χ0v) is 10.3. The normalized spacial score (nSPS) is 11.0. The molecule has 0 aliphatic heterocycles. The molecule has 0 aromatic carbocycles. The molecule has 0 rings (SSSR count). The van der Waals surface area contributed by atoms with Crippen LogP contribution in [0.5, 0.6) is 0 Å². The van der Waals surface area contributed by atoms with Crippen molar-refractivity contribution in [3.63, 3.8) is 0 Å². The van der Waals surface area contributed by atoms with Crippen LogP contribution in [0.25, 0.3) is 0 Å². The summed E-state index contributed by atoms with van der Waals surface area (Å²) in [5.41, 5.74) is 5.21. The maximum absolute atomic E-state index is 5.21. The second-order valence-corrected chi connectivity index (χ2v) is 4.14. The van der Waals surface area contributed by atoms with Crippen LogP contribution >= 0.6 is 0 Å². The van der Waals surface area contributed by atoms with E-state index < -0.39 is 0 Å². The second kappa shape index (κ2) is 13.3. The third-order valence-corrected chi connectivity index (χ3v) is 2.64. The van der Waals surface area contributed by atoms with Gasteiger partial charge in [-0.15, -0.1) is 0 Å². The van der Waals surface area contributed by atoms with E-state index in [9.17, 15) is 0 Å². The summed E-state index contributed by atoms with van der Waals surface area (Å²) >= 11 is 0. The van der Waals surface area contributed by atoms with Gasteiger partial charge in [0.1, 0.15) is 0 Å². The van der Waals surface area contributed by atoms with E-state index in [-0.39, 0.29) is 0 Å². The van der Waals surface area contributed by atoms with Crippen LogP contribution in [-0.2, 0) is 0 Å². The number of unbranched alkanes of at least 4 members (excludes halogenated alkanes) is 8. The van der Waals surface area contributed by atoms with Gasteiger partial charge in [-0.2, -0.15) is 0 Å². The van der Waals surface area contributed by atoms with Crippen LogP contribution in [0, 0.1) is 0 Å². The summed E-state index contributed by atoms with van der Waals surface area (Å²) in [5, 5.41) is 3.15. The van der Waals surface area contributed by atoms with Gasteiger partial charge in [0.15, 0.2) is 0 Å². The molecule has 15 heavy (non-hydrogen) atoms. The van der Waals surface area contributed by atoms with Gasteiger partial charge in [-0.05, 0) is 6.42 Å². The van der Waals surface area contributed by atoms with Gasteiger partial charge in [-0.1, -0.05) is 58.3 Å². The monoisotopic (exact) mass is 212 g/mol. The van der Waals surface area contributed by atoms with Crippen molar-refractivity contribution in [1.82, 2.24) is 5.32 Å². The Kier molecular flexibility index (Phi) is 12.8. The summed E-state index contributed by atoms with van der Waals surface area (Å²) in [6.45, 7) is 3.33. The van der Waals surface area contributed by atoms with E-state index in [2.05, 4.69) is 12.2 Å². The molecule has 2 heteroatoms. The van der Waals surface area contributed by atoms with E-state index in [1.165, 1.54) is 57.8 Å². The average Bonchev–Trinajstić information content (AvgIpc) is 2.26. The van der Waals surface area contributed by atoms with E-state index in [1.807, 2.05) is 6.20 Å². The van der Waals surface area contributed by atoms with Gasteiger partial charge in [0.05, 0.1) is 0 Å². The van der Waals surface area contributed by atoms with E-state index in [0.717, 1.165) is 6.54 Å². The molecule has 0 heterocycles. The largest absolute Gasteiger partial charge is 0.403 e. The molecule has 0 unspecified atom stereocenters. The molecule has 0 aliphatic carbocycles. The van der Waals surface area contributed by atoms with Crippen LogP contribution in [0.15, 0.2) is 12.4 Å². The van der Waals surface area contributed by atoms with Crippen LogP contribution in [0.1, 0.15) is 64.7 Å². The molecule has 3 N–H and O–H groups in total. The van der Waals surface area contributed by atoms with Crippen LogP contribution in [0.2, 0.25) is 0 Å². The fourth-order valence-electron chi connectivity index (χ4n) is 1.69. The Bertz CT molecular complexity index is 132. The van der Waals surface area contributed by atoms with Crippen molar-refractivity contribution < 1.29 is 0 Å². The molecular weight excluding hydrogens is 184 g/mol. The Morgan fingerprint density at radius 2 is 1.40 bits per heavy atom. The molecule has 0 aromatic heterocycles. The highest BCUT2D eigenvalue weighted by atomic mass is 14.8. The first-order valence-corrected chi connectivity index (χ1v) is 6.52. The third-order valence-electron chi connectivity index (χ3n) is 2.64. The molecule has 2 nitrogen and oxygen atoms in total. The van der Waals surface area contributed by atoms with Crippen molar-refractivity contribution in [3.8, 4) is 0 Å². The van der Waals surface area contributed by atoms with Gasteiger partial charge >= 0.3 is 0 Å². The fourth-order valence-corrected chi connectivity index (χ4v) is 1.69.